The highest BCUT2D eigenvalue weighted by atomic mass is 28.4. The van der Waals surface area contributed by atoms with Crippen LogP contribution in [0, 0.1) is 29.1 Å². The predicted molar refractivity (Wildman–Crippen MR) is 105 cm³/mol. The molecule has 0 aromatic rings. The van der Waals surface area contributed by atoms with Crippen LogP contribution in [0.1, 0.15) is 60.8 Å². The van der Waals surface area contributed by atoms with E-state index in [0.29, 0.717) is 12.5 Å². The summed E-state index contributed by atoms with van der Waals surface area (Å²) in [6.45, 7) is 19.1. The maximum Gasteiger partial charge on any atom is 0.192 e. The number of carbonyl (C=O) groups is 1. The van der Waals surface area contributed by atoms with Crippen molar-refractivity contribution in [3.05, 3.63) is 11.6 Å². The molecule has 2 aliphatic rings. The van der Waals surface area contributed by atoms with E-state index < -0.39 is 8.32 Å². The van der Waals surface area contributed by atoms with E-state index in [1.54, 1.807) is 0 Å². The van der Waals surface area contributed by atoms with Gasteiger partial charge in [0.05, 0.1) is 0 Å². The van der Waals surface area contributed by atoms with Crippen molar-refractivity contribution in [2.75, 3.05) is 6.61 Å². The van der Waals surface area contributed by atoms with Crippen molar-refractivity contribution in [1.29, 1.82) is 0 Å². The molecule has 0 spiro atoms. The van der Waals surface area contributed by atoms with Gasteiger partial charge in [0.2, 0.25) is 0 Å². The van der Waals surface area contributed by atoms with Crippen LogP contribution in [-0.4, -0.2) is 21.2 Å². The Labute approximate surface area is 150 Å². The molecule has 2 rings (SSSR count). The summed E-state index contributed by atoms with van der Waals surface area (Å²) in [5, 5.41) is 0.213. The first-order valence-electron chi connectivity index (χ1n) is 9.70. The Bertz CT molecular complexity index is 502. The monoisotopic (exact) mass is 350 g/mol. The lowest BCUT2D eigenvalue weighted by Gasteiger charge is -2.51. The molecule has 1 fully saturated rings. The van der Waals surface area contributed by atoms with Crippen molar-refractivity contribution < 1.29 is 9.22 Å². The summed E-state index contributed by atoms with van der Waals surface area (Å²) in [7, 11) is -1.78. The van der Waals surface area contributed by atoms with Crippen molar-refractivity contribution in [2.45, 2.75) is 78.9 Å². The van der Waals surface area contributed by atoms with Gasteiger partial charge in [-0.05, 0) is 55.1 Å². The highest BCUT2D eigenvalue weighted by Crippen LogP contribution is 2.54. The molecule has 1 saturated carbocycles. The van der Waals surface area contributed by atoms with E-state index in [-0.39, 0.29) is 22.3 Å². The largest absolute Gasteiger partial charge is 0.416 e. The fraction of sp³-hybridized carbons (Fsp3) is 0.857. The normalized spacial score (nSPS) is 37.6. The van der Waals surface area contributed by atoms with Gasteiger partial charge in [-0.15, -0.1) is 0 Å². The SMILES string of the molecule is CC1=C[C@]2(C)C[C@H](C)CC[C@H]2[C@H](C=O)[C@@H]1CO[Si](C)(C)C(C)(C)C. The van der Waals surface area contributed by atoms with Gasteiger partial charge in [0.25, 0.3) is 0 Å². The van der Waals surface area contributed by atoms with Crippen LogP contribution in [0.25, 0.3) is 0 Å². The molecular weight excluding hydrogens is 312 g/mol. The zero-order valence-electron chi connectivity index (χ0n) is 17.1. The number of hydrogen-bond acceptors (Lipinski definition) is 2. The fourth-order valence-corrected chi connectivity index (χ4v) is 5.78. The molecule has 0 aromatic carbocycles. The molecule has 0 radical (unpaired) electrons. The number of hydrogen-bond donors (Lipinski definition) is 0. The molecule has 0 heterocycles. The van der Waals surface area contributed by atoms with Gasteiger partial charge >= 0.3 is 0 Å². The molecule has 0 amide bonds. The first-order chi connectivity index (χ1) is 10.9. The van der Waals surface area contributed by atoms with Gasteiger partial charge < -0.3 is 9.22 Å². The second-order valence-electron chi connectivity index (χ2n) is 10.3. The highest BCUT2D eigenvalue weighted by molar-refractivity contribution is 6.74. The second-order valence-corrected chi connectivity index (χ2v) is 15.1. The van der Waals surface area contributed by atoms with E-state index in [9.17, 15) is 4.79 Å². The highest BCUT2D eigenvalue weighted by Gasteiger charge is 2.48. The third kappa shape index (κ3) is 3.72. The fourth-order valence-electron chi connectivity index (χ4n) is 4.75. The second kappa shape index (κ2) is 6.72. The standard InChI is InChI=1S/C21H38O2Si/c1-15-9-10-19-17(13-22)18(16(2)12-21(19,6)11-15)14-23-24(7,8)20(3,4)5/h12-13,15,17-19H,9-11,14H2,1-8H3/t15-,17-,18-,19+,21+/m1/s1. The Balaban J connectivity index is 2.23. The minimum absolute atomic E-state index is 0.122. The zero-order chi connectivity index (χ0) is 18.3. The molecule has 0 unspecified atom stereocenters. The summed E-state index contributed by atoms with van der Waals surface area (Å²) < 4.78 is 6.51. The average Bonchev–Trinajstić information content (AvgIpc) is 2.42. The first-order valence-corrected chi connectivity index (χ1v) is 12.6. The van der Waals surface area contributed by atoms with Crippen LogP contribution >= 0.6 is 0 Å². The van der Waals surface area contributed by atoms with Gasteiger partial charge in [0, 0.05) is 18.4 Å². The molecule has 5 atom stereocenters. The van der Waals surface area contributed by atoms with Gasteiger partial charge in [0.1, 0.15) is 6.29 Å². The number of rotatable bonds is 4. The Morgan fingerprint density at radius 2 is 1.96 bits per heavy atom. The summed E-state index contributed by atoms with van der Waals surface area (Å²) in [5.41, 5.74) is 1.57. The summed E-state index contributed by atoms with van der Waals surface area (Å²) in [4.78, 5) is 12.0. The van der Waals surface area contributed by atoms with E-state index in [2.05, 4.69) is 60.7 Å². The molecule has 0 aromatic heterocycles. The molecule has 0 aliphatic heterocycles. The average molecular weight is 351 g/mol. The Morgan fingerprint density at radius 1 is 1.33 bits per heavy atom. The van der Waals surface area contributed by atoms with Gasteiger partial charge in [0.15, 0.2) is 8.32 Å². The van der Waals surface area contributed by atoms with Crippen LogP contribution in [-0.2, 0) is 9.22 Å². The Kier molecular flexibility index (Phi) is 5.57. The maximum atomic E-state index is 12.0. The maximum absolute atomic E-state index is 12.0. The Hall–Kier alpha value is -0.413. The van der Waals surface area contributed by atoms with Crippen molar-refractivity contribution in [3.63, 3.8) is 0 Å². The third-order valence-corrected chi connectivity index (χ3v) is 11.8. The van der Waals surface area contributed by atoms with Gasteiger partial charge in [-0.2, -0.15) is 0 Å². The van der Waals surface area contributed by atoms with Crippen LogP contribution in [0.5, 0.6) is 0 Å². The lowest BCUT2D eigenvalue weighted by atomic mass is 9.54. The van der Waals surface area contributed by atoms with Gasteiger partial charge in [-0.25, -0.2) is 0 Å². The molecule has 24 heavy (non-hydrogen) atoms. The molecule has 3 heteroatoms. The quantitative estimate of drug-likeness (QED) is 0.361. The van der Waals surface area contributed by atoms with Crippen LogP contribution in [0.2, 0.25) is 18.1 Å². The Morgan fingerprint density at radius 3 is 2.50 bits per heavy atom. The van der Waals surface area contributed by atoms with Crippen molar-refractivity contribution in [1.82, 2.24) is 0 Å². The van der Waals surface area contributed by atoms with Crippen LogP contribution < -0.4 is 0 Å². The smallest absolute Gasteiger partial charge is 0.192 e. The topological polar surface area (TPSA) is 26.3 Å². The van der Waals surface area contributed by atoms with E-state index in [0.717, 1.165) is 5.92 Å². The van der Waals surface area contributed by atoms with Gasteiger partial charge in [-0.3, -0.25) is 0 Å². The summed E-state index contributed by atoms with van der Waals surface area (Å²) in [5.74, 6) is 1.64. The number of allylic oxidation sites excluding steroid dienone is 1. The van der Waals surface area contributed by atoms with Crippen LogP contribution in [0.4, 0.5) is 0 Å². The lowest BCUT2D eigenvalue weighted by molar-refractivity contribution is -0.118. The van der Waals surface area contributed by atoms with Crippen LogP contribution in [0.15, 0.2) is 11.6 Å². The van der Waals surface area contributed by atoms with E-state index in [1.807, 2.05) is 0 Å². The first kappa shape index (κ1) is 19.9. The zero-order valence-corrected chi connectivity index (χ0v) is 18.1. The van der Waals surface area contributed by atoms with E-state index in [1.165, 1.54) is 31.1 Å². The van der Waals surface area contributed by atoms with E-state index >= 15 is 0 Å². The number of aldehydes is 1. The number of fused-ring (bicyclic) bond motifs is 1. The van der Waals surface area contributed by atoms with Crippen molar-refractivity contribution in [2.24, 2.45) is 29.1 Å². The van der Waals surface area contributed by atoms with Crippen LogP contribution in [0.3, 0.4) is 0 Å². The number of carbonyl (C=O) groups excluding carboxylic acids is 1. The molecule has 0 saturated heterocycles. The molecular formula is C21H38O2Si. The van der Waals surface area contributed by atoms with E-state index in [4.69, 9.17) is 4.43 Å². The summed E-state index contributed by atoms with van der Waals surface area (Å²) >= 11 is 0. The third-order valence-electron chi connectivity index (χ3n) is 7.26. The minimum atomic E-state index is -1.78. The minimum Gasteiger partial charge on any atom is -0.416 e. The molecule has 0 bridgehead atoms. The summed E-state index contributed by atoms with van der Waals surface area (Å²) in [6.07, 6.45) is 7.39. The lowest BCUT2D eigenvalue weighted by Crippen LogP contribution is -2.48. The van der Waals surface area contributed by atoms with Crippen molar-refractivity contribution in [3.8, 4) is 0 Å². The van der Waals surface area contributed by atoms with Gasteiger partial charge in [-0.1, -0.05) is 52.7 Å². The molecule has 0 N–H and O–H groups in total. The summed E-state index contributed by atoms with van der Waals surface area (Å²) in [6, 6.07) is 0. The predicted octanol–water partition coefficient (Wildman–Crippen LogP) is 5.84. The molecule has 2 aliphatic carbocycles. The molecule has 138 valence electrons. The molecule has 2 nitrogen and oxygen atoms in total. The van der Waals surface area contributed by atoms with Crippen molar-refractivity contribution >= 4 is 14.6 Å².